The molecule has 17 heavy (non-hydrogen) atoms. The minimum absolute atomic E-state index is 0.230. The van der Waals surface area contributed by atoms with Gasteiger partial charge >= 0.3 is 0 Å². The van der Waals surface area contributed by atoms with Gasteiger partial charge in [-0.25, -0.2) is 0 Å². The Kier molecular flexibility index (Phi) is 3.13. The van der Waals surface area contributed by atoms with Gasteiger partial charge in [-0.05, 0) is 18.6 Å². The molecule has 2 aromatic rings. The average Bonchev–Trinajstić information content (AvgIpc) is 2.95. The summed E-state index contributed by atoms with van der Waals surface area (Å²) in [6.07, 6.45) is 2.27. The average molecular weight is 234 g/mol. The van der Waals surface area contributed by atoms with Crippen molar-refractivity contribution in [2.24, 2.45) is 0 Å². The molecule has 0 aliphatic heterocycles. The minimum atomic E-state index is -0.310. The predicted octanol–water partition coefficient (Wildman–Crippen LogP) is 1.08. The third-order valence-electron chi connectivity index (χ3n) is 2.45. The summed E-state index contributed by atoms with van der Waals surface area (Å²) in [6.45, 7) is 2.26. The first kappa shape index (κ1) is 11.3. The van der Waals surface area contributed by atoms with Crippen LogP contribution < -0.4 is 11.1 Å². The number of amides is 1. The number of aromatic amines is 1. The number of carbonyl (C=O) groups is 1. The number of carbonyl (C=O) groups excluding carboxylic acids is 1. The Hall–Kier alpha value is -2.24. The first-order valence-electron chi connectivity index (χ1n) is 5.35. The Morgan fingerprint density at radius 3 is 3.06 bits per heavy atom. The van der Waals surface area contributed by atoms with Gasteiger partial charge in [-0.2, -0.15) is 5.10 Å². The lowest BCUT2D eigenvalue weighted by atomic mass is 10.2. The van der Waals surface area contributed by atoms with Crippen LogP contribution in [0.4, 0.5) is 5.69 Å². The molecule has 4 N–H and O–H groups in total. The quantitative estimate of drug-likeness (QED) is 0.737. The smallest absolute Gasteiger partial charge is 0.274 e. The van der Waals surface area contributed by atoms with E-state index in [0.29, 0.717) is 24.4 Å². The third-order valence-corrected chi connectivity index (χ3v) is 2.45. The van der Waals surface area contributed by atoms with Crippen molar-refractivity contribution in [1.29, 1.82) is 0 Å². The molecule has 1 amide bonds. The number of nitrogens with zero attached hydrogens (tertiary/aromatic N) is 1. The lowest BCUT2D eigenvalue weighted by molar-refractivity contribution is 0.0944. The molecule has 0 radical (unpaired) electrons. The van der Waals surface area contributed by atoms with E-state index in [1.165, 1.54) is 0 Å². The van der Waals surface area contributed by atoms with E-state index in [0.717, 1.165) is 5.69 Å². The van der Waals surface area contributed by atoms with Crippen molar-refractivity contribution in [3.05, 3.63) is 35.5 Å². The second-order valence-electron chi connectivity index (χ2n) is 3.58. The topological polar surface area (TPSA) is 96.9 Å². The molecule has 2 heterocycles. The molecule has 6 nitrogen and oxygen atoms in total. The Labute approximate surface area is 98.2 Å². The van der Waals surface area contributed by atoms with Crippen LogP contribution in [0.25, 0.3) is 0 Å². The summed E-state index contributed by atoms with van der Waals surface area (Å²) >= 11 is 0. The van der Waals surface area contributed by atoms with Crippen molar-refractivity contribution in [3.8, 4) is 0 Å². The van der Waals surface area contributed by atoms with Crippen LogP contribution in [-0.4, -0.2) is 16.1 Å². The highest BCUT2D eigenvalue weighted by molar-refractivity contribution is 5.97. The van der Waals surface area contributed by atoms with Crippen LogP contribution in [0, 0.1) is 0 Å². The van der Waals surface area contributed by atoms with Crippen LogP contribution in [0.1, 0.15) is 28.9 Å². The van der Waals surface area contributed by atoms with Crippen LogP contribution in [0.15, 0.2) is 22.8 Å². The molecule has 0 aromatic carbocycles. The number of rotatable bonds is 4. The fraction of sp³-hybridized carbons (Fsp3) is 0.273. The molecule has 2 rings (SSSR count). The molecule has 2 aromatic heterocycles. The Bertz CT molecular complexity index is 502. The van der Waals surface area contributed by atoms with Gasteiger partial charge in [-0.1, -0.05) is 6.92 Å². The first-order valence-corrected chi connectivity index (χ1v) is 5.35. The van der Waals surface area contributed by atoms with Gasteiger partial charge in [-0.15, -0.1) is 0 Å². The number of aromatic nitrogens is 2. The number of furan rings is 1. The molecule has 0 atom stereocenters. The highest BCUT2D eigenvalue weighted by atomic mass is 16.3. The number of aryl methyl sites for hydroxylation is 1. The lowest BCUT2D eigenvalue weighted by Gasteiger charge is -2.01. The van der Waals surface area contributed by atoms with E-state index in [2.05, 4.69) is 15.5 Å². The summed E-state index contributed by atoms with van der Waals surface area (Å²) in [6, 6.07) is 3.55. The van der Waals surface area contributed by atoms with E-state index >= 15 is 0 Å². The molecule has 0 saturated carbocycles. The maximum absolute atomic E-state index is 11.8. The maximum Gasteiger partial charge on any atom is 0.274 e. The third kappa shape index (κ3) is 2.30. The number of nitrogen functional groups attached to an aromatic ring is 1. The van der Waals surface area contributed by atoms with Crippen molar-refractivity contribution in [2.75, 3.05) is 5.73 Å². The van der Waals surface area contributed by atoms with Gasteiger partial charge in [0.25, 0.3) is 5.91 Å². The molecule has 6 heteroatoms. The number of hydrogen-bond donors (Lipinski definition) is 3. The number of H-pyrrole nitrogens is 1. The Balaban J connectivity index is 2.02. The summed E-state index contributed by atoms with van der Waals surface area (Å²) in [5, 5.41) is 9.32. The number of anilines is 1. The van der Waals surface area contributed by atoms with Crippen molar-refractivity contribution < 1.29 is 9.21 Å². The second-order valence-corrected chi connectivity index (χ2v) is 3.58. The van der Waals surface area contributed by atoms with Crippen molar-refractivity contribution in [2.45, 2.75) is 19.9 Å². The highest BCUT2D eigenvalue weighted by Crippen LogP contribution is 2.14. The van der Waals surface area contributed by atoms with Crippen LogP contribution in [0.2, 0.25) is 0 Å². The SMILES string of the molecule is CCc1[nH]nc(C(=O)NCc2ccco2)c1N. The van der Waals surface area contributed by atoms with Crippen LogP contribution in [0.5, 0.6) is 0 Å². The number of nitrogens with one attached hydrogen (secondary N) is 2. The van der Waals surface area contributed by atoms with E-state index in [1.807, 2.05) is 6.92 Å². The van der Waals surface area contributed by atoms with E-state index in [9.17, 15) is 4.79 Å². The first-order chi connectivity index (χ1) is 8.22. The Morgan fingerprint density at radius 2 is 2.47 bits per heavy atom. The lowest BCUT2D eigenvalue weighted by Crippen LogP contribution is -2.23. The maximum atomic E-state index is 11.8. The normalized spacial score (nSPS) is 10.4. The molecule has 0 aliphatic rings. The highest BCUT2D eigenvalue weighted by Gasteiger charge is 2.16. The molecule has 0 aliphatic carbocycles. The summed E-state index contributed by atoms with van der Waals surface area (Å²) in [5.41, 5.74) is 7.19. The molecule has 90 valence electrons. The largest absolute Gasteiger partial charge is 0.467 e. The molecule has 0 spiro atoms. The van der Waals surface area contributed by atoms with Gasteiger partial charge in [0.2, 0.25) is 0 Å². The second kappa shape index (κ2) is 4.73. The van der Waals surface area contributed by atoms with Crippen molar-refractivity contribution in [1.82, 2.24) is 15.5 Å². The predicted molar refractivity (Wildman–Crippen MR) is 62.3 cm³/mol. The van der Waals surface area contributed by atoms with E-state index in [-0.39, 0.29) is 11.6 Å². The van der Waals surface area contributed by atoms with Gasteiger partial charge < -0.3 is 15.5 Å². The van der Waals surface area contributed by atoms with Gasteiger partial charge in [0.05, 0.1) is 24.2 Å². The molecule has 0 saturated heterocycles. The van der Waals surface area contributed by atoms with Gasteiger partial charge in [-0.3, -0.25) is 9.89 Å². The zero-order valence-electron chi connectivity index (χ0n) is 9.49. The molecule has 0 fully saturated rings. The summed E-state index contributed by atoms with van der Waals surface area (Å²) in [4.78, 5) is 11.8. The van der Waals surface area contributed by atoms with Gasteiger partial charge in [0.15, 0.2) is 5.69 Å². The standard InChI is InChI=1S/C11H14N4O2/c1-2-8-9(12)10(15-14-8)11(16)13-6-7-4-3-5-17-7/h3-5H,2,6,12H2,1H3,(H,13,16)(H,14,15). The van der Waals surface area contributed by atoms with Crippen LogP contribution >= 0.6 is 0 Å². The van der Waals surface area contributed by atoms with Crippen molar-refractivity contribution >= 4 is 11.6 Å². The Morgan fingerprint density at radius 1 is 1.65 bits per heavy atom. The number of hydrogen-bond acceptors (Lipinski definition) is 4. The summed E-state index contributed by atoms with van der Waals surface area (Å²) in [7, 11) is 0. The summed E-state index contributed by atoms with van der Waals surface area (Å²) in [5.74, 6) is 0.373. The van der Waals surface area contributed by atoms with Crippen LogP contribution in [0.3, 0.4) is 0 Å². The molecular formula is C11H14N4O2. The van der Waals surface area contributed by atoms with Gasteiger partial charge in [0, 0.05) is 0 Å². The molecule has 0 unspecified atom stereocenters. The van der Waals surface area contributed by atoms with E-state index in [1.54, 1.807) is 18.4 Å². The minimum Gasteiger partial charge on any atom is -0.467 e. The van der Waals surface area contributed by atoms with E-state index < -0.39 is 0 Å². The van der Waals surface area contributed by atoms with E-state index in [4.69, 9.17) is 10.2 Å². The van der Waals surface area contributed by atoms with Crippen molar-refractivity contribution in [3.63, 3.8) is 0 Å². The zero-order chi connectivity index (χ0) is 12.3. The zero-order valence-corrected chi connectivity index (χ0v) is 9.49. The van der Waals surface area contributed by atoms with Gasteiger partial charge in [0.1, 0.15) is 5.76 Å². The molecular weight excluding hydrogens is 220 g/mol. The monoisotopic (exact) mass is 234 g/mol. The fourth-order valence-corrected chi connectivity index (χ4v) is 1.49. The fourth-order valence-electron chi connectivity index (χ4n) is 1.49. The number of nitrogens with two attached hydrogens (primary N) is 1. The van der Waals surface area contributed by atoms with Crippen LogP contribution in [-0.2, 0) is 13.0 Å². The summed E-state index contributed by atoms with van der Waals surface area (Å²) < 4.78 is 5.10. The molecule has 0 bridgehead atoms.